The highest BCUT2D eigenvalue weighted by atomic mass is 15.3. The first-order valence-electron chi connectivity index (χ1n) is 5.27. The minimum absolute atomic E-state index is 0.586. The lowest BCUT2D eigenvalue weighted by Crippen LogP contribution is -1.99. The molecular formula is C12H11N5. The van der Waals surface area contributed by atoms with E-state index in [0.717, 1.165) is 22.3 Å². The van der Waals surface area contributed by atoms with Crippen molar-refractivity contribution < 1.29 is 0 Å². The number of rotatable bonds is 2. The molecule has 0 amide bonds. The number of hydrogen-bond acceptors (Lipinski definition) is 4. The molecule has 0 unspecified atom stereocenters. The Morgan fingerprint density at radius 1 is 1.41 bits per heavy atom. The minimum Gasteiger partial charge on any atom is -0.372 e. The first-order chi connectivity index (χ1) is 8.33. The van der Waals surface area contributed by atoms with E-state index >= 15 is 0 Å². The summed E-state index contributed by atoms with van der Waals surface area (Å²) in [5.74, 6) is 1.39. The molecule has 0 radical (unpaired) electrons. The Morgan fingerprint density at radius 3 is 3.06 bits per heavy atom. The van der Waals surface area contributed by atoms with Gasteiger partial charge < -0.3 is 5.32 Å². The fraction of sp³-hybridized carbons (Fsp3) is 0.0833. The maximum atomic E-state index is 4.39. The zero-order valence-electron chi connectivity index (χ0n) is 9.38. The molecule has 0 aliphatic carbocycles. The van der Waals surface area contributed by atoms with E-state index in [9.17, 15) is 0 Å². The van der Waals surface area contributed by atoms with Gasteiger partial charge in [-0.25, -0.2) is 0 Å². The Kier molecular flexibility index (Phi) is 2.04. The van der Waals surface area contributed by atoms with E-state index in [2.05, 4.69) is 27.1 Å². The van der Waals surface area contributed by atoms with Crippen molar-refractivity contribution in [3.63, 3.8) is 0 Å². The highest BCUT2D eigenvalue weighted by Crippen LogP contribution is 2.23. The molecule has 1 N–H and O–H groups in total. The maximum Gasteiger partial charge on any atom is 0.257 e. The number of benzene rings is 1. The normalized spacial score (nSPS) is 10.9. The van der Waals surface area contributed by atoms with Crippen molar-refractivity contribution in [1.82, 2.24) is 19.6 Å². The van der Waals surface area contributed by atoms with Gasteiger partial charge in [0.25, 0.3) is 5.78 Å². The summed E-state index contributed by atoms with van der Waals surface area (Å²) in [4.78, 5) is 4.39. The summed E-state index contributed by atoms with van der Waals surface area (Å²) in [5, 5.41) is 12.0. The smallest absolute Gasteiger partial charge is 0.257 e. The predicted octanol–water partition coefficient (Wildman–Crippen LogP) is 1.96. The van der Waals surface area contributed by atoms with Crippen LogP contribution in [0.3, 0.4) is 0 Å². The van der Waals surface area contributed by atoms with Gasteiger partial charge in [-0.15, -0.1) is 10.2 Å². The van der Waals surface area contributed by atoms with Gasteiger partial charge in [0.1, 0.15) is 12.1 Å². The molecule has 0 aliphatic rings. The molecule has 2 aromatic heterocycles. The summed E-state index contributed by atoms with van der Waals surface area (Å²) < 4.78 is 1.86. The first kappa shape index (κ1) is 9.77. The van der Waals surface area contributed by atoms with Gasteiger partial charge in [-0.1, -0.05) is 18.7 Å². The second-order valence-electron chi connectivity index (χ2n) is 3.69. The fourth-order valence-corrected chi connectivity index (χ4v) is 1.90. The fourth-order valence-electron chi connectivity index (χ4n) is 1.90. The largest absolute Gasteiger partial charge is 0.372 e. The number of hydrogen-bond donors (Lipinski definition) is 1. The second-order valence-corrected chi connectivity index (χ2v) is 3.69. The molecule has 2 heterocycles. The molecule has 3 rings (SSSR count). The van der Waals surface area contributed by atoms with Gasteiger partial charge in [0.15, 0.2) is 0 Å². The molecule has 17 heavy (non-hydrogen) atoms. The lowest BCUT2D eigenvalue weighted by Gasteiger charge is -2.07. The molecule has 3 aromatic rings. The van der Waals surface area contributed by atoms with E-state index in [1.54, 1.807) is 6.33 Å². The van der Waals surface area contributed by atoms with Crippen LogP contribution >= 0.6 is 0 Å². The van der Waals surface area contributed by atoms with Gasteiger partial charge in [-0.05, 0) is 17.7 Å². The van der Waals surface area contributed by atoms with E-state index in [0.29, 0.717) is 5.78 Å². The highest BCUT2D eigenvalue weighted by molar-refractivity contribution is 5.92. The molecule has 0 fully saturated rings. The zero-order chi connectivity index (χ0) is 11.8. The van der Waals surface area contributed by atoms with Crippen LogP contribution in [0.2, 0.25) is 0 Å². The number of fused-ring (bicyclic) bond motifs is 3. The van der Waals surface area contributed by atoms with Crippen molar-refractivity contribution in [3.05, 3.63) is 36.7 Å². The number of anilines is 1. The van der Waals surface area contributed by atoms with Crippen LogP contribution in [-0.4, -0.2) is 26.6 Å². The zero-order valence-corrected chi connectivity index (χ0v) is 9.38. The molecular weight excluding hydrogens is 214 g/mol. The third kappa shape index (κ3) is 1.36. The van der Waals surface area contributed by atoms with Crippen LogP contribution in [0.25, 0.3) is 22.8 Å². The predicted molar refractivity (Wildman–Crippen MR) is 67.9 cm³/mol. The summed E-state index contributed by atoms with van der Waals surface area (Å²) in [7, 11) is 1.84. The average Bonchev–Trinajstić information content (AvgIpc) is 2.85. The third-order valence-corrected chi connectivity index (χ3v) is 2.75. The van der Waals surface area contributed by atoms with Crippen molar-refractivity contribution in [2.45, 2.75) is 0 Å². The van der Waals surface area contributed by atoms with Crippen LogP contribution < -0.4 is 5.32 Å². The summed E-state index contributed by atoms with van der Waals surface area (Å²) in [6.07, 6.45) is 3.48. The Morgan fingerprint density at radius 2 is 2.29 bits per heavy atom. The minimum atomic E-state index is 0.586. The van der Waals surface area contributed by atoms with Gasteiger partial charge in [0.2, 0.25) is 0 Å². The van der Waals surface area contributed by atoms with Crippen molar-refractivity contribution >= 4 is 28.6 Å². The Hall–Kier alpha value is -2.43. The van der Waals surface area contributed by atoms with E-state index in [4.69, 9.17) is 0 Å². The molecule has 0 saturated carbocycles. The topological polar surface area (TPSA) is 55.1 Å². The van der Waals surface area contributed by atoms with E-state index in [1.807, 2.05) is 35.7 Å². The van der Waals surface area contributed by atoms with E-state index < -0.39 is 0 Å². The number of aromatic nitrogens is 4. The van der Waals surface area contributed by atoms with Crippen LogP contribution in [0, 0.1) is 0 Å². The van der Waals surface area contributed by atoms with Gasteiger partial charge in [0, 0.05) is 12.4 Å². The van der Waals surface area contributed by atoms with Crippen molar-refractivity contribution in [2.24, 2.45) is 0 Å². The summed E-state index contributed by atoms with van der Waals surface area (Å²) in [6.45, 7) is 3.78. The van der Waals surface area contributed by atoms with Crippen LogP contribution in [0.1, 0.15) is 5.56 Å². The van der Waals surface area contributed by atoms with Crippen LogP contribution in [-0.2, 0) is 0 Å². The monoisotopic (exact) mass is 225 g/mol. The Bertz CT molecular complexity index is 713. The summed E-state index contributed by atoms with van der Waals surface area (Å²) >= 11 is 0. The second kappa shape index (κ2) is 3.55. The molecule has 84 valence electrons. The van der Waals surface area contributed by atoms with Gasteiger partial charge >= 0.3 is 0 Å². The third-order valence-electron chi connectivity index (χ3n) is 2.75. The van der Waals surface area contributed by atoms with Gasteiger partial charge in [0.05, 0.1) is 5.52 Å². The van der Waals surface area contributed by atoms with E-state index in [-0.39, 0.29) is 0 Å². The lowest BCUT2D eigenvalue weighted by molar-refractivity contribution is 1.10. The quantitative estimate of drug-likeness (QED) is 0.724. The Balaban J connectivity index is 2.52. The summed E-state index contributed by atoms with van der Waals surface area (Å²) in [5.41, 5.74) is 2.07. The lowest BCUT2D eigenvalue weighted by atomic mass is 10.1. The van der Waals surface area contributed by atoms with Gasteiger partial charge in [-0.3, -0.25) is 4.40 Å². The number of nitrogens with zero attached hydrogens (tertiary/aromatic N) is 4. The van der Waals surface area contributed by atoms with Crippen LogP contribution in [0.5, 0.6) is 0 Å². The summed E-state index contributed by atoms with van der Waals surface area (Å²) in [6, 6.07) is 6.07. The van der Waals surface area contributed by atoms with E-state index in [1.165, 1.54) is 0 Å². The van der Waals surface area contributed by atoms with Crippen molar-refractivity contribution in [1.29, 1.82) is 0 Å². The van der Waals surface area contributed by atoms with Crippen molar-refractivity contribution in [2.75, 3.05) is 12.4 Å². The molecule has 5 heteroatoms. The van der Waals surface area contributed by atoms with Crippen LogP contribution in [0.4, 0.5) is 5.82 Å². The molecule has 0 bridgehead atoms. The number of nitrogens with one attached hydrogen (secondary N) is 1. The molecule has 5 nitrogen and oxygen atoms in total. The molecule has 0 aliphatic heterocycles. The SMILES string of the molecule is C=Cc1ccc2c(NC)nc3nncn3c2c1. The van der Waals surface area contributed by atoms with Crippen LogP contribution in [0.15, 0.2) is 31.1 Å². The molecule has 0 atom stereocenters. The maximum absolute atomic E-state index is 4.39. The average molecular weight is 225 g/mol. The molecule has 0 saturated heterocycles. The van der Waals surface area contributed by atoms with Crippen molar-refractivity contribution in [3.8, 4) is 0 Å². The highest BCUT2D eigenvalue weighted by Gasteiger charge is 2.08. The standard InChI is InChI=1S/C12H11N5/c1-3-8-4-5-9-10(6-8)17-7-14-16-12(17)15-11(9)13-2/h3-7H,1H2,2H3,(H,13,15,16). The molecule has 0 spiro atoms. The molecule has 1 aromatic carbocycles. The van der Waals surface area contributed by atoms with Gasteiger partial charge in [-0.2, -0.15) is 4.98 Å². The Labute approximate surface area is 97.8 Å². The first-order valence-corrected chi connectivity index (χ1v) is 5.27.